The molecule has 0 unspecified atom stereocenters. The third kappa shape index (κ3) is 37.3. The second-order valence-corrected chi connectivity index (χ2v) is 19.2. The van der Waals surface area contributed by atoms with Gasteiger partial charge in [0.25, 0.3) is 0 Å². The normalized spacial score (nSPS) is 11.7. The average Bonchev–Trinajstić information content (AvgIpc) is 3.31. The van der Waals surface area contributed by atoms with Crippen molar-refractivity contribution in [2.24, 2.45) is 9.98 Å². The predicted molar refractivity (Wildman–Crippen MR) is 290 cm³/mol. The molecule has 0 aliphatic rings. The molecule has 0 saturated carbocycles. The van der Waals surface area contributed by atoms with Gasteiger partial charge in [-0.3, -0.25) is 9.98 Å². The van der Waals surface area contributed by atoms with Crippen molar-refractivity contribution in [3.8, 4) is 11.8 Å². The molecule has 0 aliphatic carbocycles. The molecule has 2 aromatic carbocycles. The summed E-state index contributed by atoms with van der Waals surface area (Å²) in [5.74, 6) is 6.89. The van der Waals surface area contributed by atoms with E-state index in [0.717, 1.165) is 74.9 Å². The molecule has 0 N–H and O–H groups in total. The van der Waals surface area contributed by atoms with Gasteiger partial charge in [-0.2, -0.15) is 0 Å². The number of hydrogen-bond acceptors (Lipinski definition) is 2. The largest absolute Gasteiger partial charge is 0.255 e. The van der Waals surface area contributed by atoms with Crippen LogP contribution in [0.3, 0.4) is 0 Å². The summed E-state index contributed by atoms with van der Waals surface area (Å²) in [7, 11) is 0. The van der Waals surface area contributed by atoms with Crippen LogP contribution in [0.15, 0.2) is 70.7 Å². The number of rotatable bonds is 44. The Morgan fingerprint density at radius 2 is 0.785 bits per heavy atom. The van der Waals surface area contributed by atoms with Crippen LogP contribution in [0.4, 0.5) is 11.4 Å². The number of nitrogens with zero attached hydrogens (tertiary/aromatic N) is 2. The maximum Gasteiger partial charge on any atom is 0.0665 e. The van der Waals surface area contributed by atoms with E-state index in [2.05, 4.69) is 93.3 Å². The molecule has 0 aliphatic heterocycles. The minimum Gasteiger partial charge on any atom is -0.255 e. The minimum atomic E-state index is 0. The second kappa shape index (κ2) is 48.0. The Bertz CT molecular complexity index is 1480. The molecule has 0 heterocycles. The Balaban J connectivity index is 0.0000211. The smallest absolute Gasteiger partial charge is 0.0665 e. The van der Waals surface area contributed by atoms with Crippen LogP contribution in [-0.4, -0.2) is 11.9 Å². The molecule has 3 heteroatoms. The first-order valence-electron chi connectivity index (χ1n) is 28.2. The van der Waals surface area contributed by atoms with Crippen LogP contribution in [-0.2, 0) is 29.3 Å². The zero-order chi connectivity index (χ0) is 45.5. The first kappa shape index (κ1) is 60.6. The van der Waals surface area contributed by atoms with Crippen LogP contribution < -0.4 is 0 Å². The van der Waals surface area contributed by atoms with Crippen molar-refractivity contribution >= 4 is 23.3 Å². The average molecular weight is 934 g/mol. The Kier molecular flexibility index (Phi) is 44.8. The van der Waals surface area contributed by atoms with Gasteiger partial charge in [0.1, 0.15) is 0 Å². The van der Waals surface area contributed by atoms with Crippen LogP contribution in [0.1, 0.15) is 282 Å². The summed E-state index contributed by atoms with van der Waals surface area (Å²) in [6.45, 7) is 6.85. The molecular weight excluding hydrogens is 831 g/mol. The Morgan fingerprint density at radius 1 is 0.400 bits per heavy atom. The fraction of sp³-hybridized carbons (Fsp3) is 0.710. The van der Waals surface area contributed by atoms with Gasteiger partial charge in [-0.15, -0.1) is 11.8 Å². The van der Waals surface area contributed by atoms with Gasteiger partial charge >= 0.3 is 0 Å². The maximum atomic E-state index is 5.22. The summed E-state index contributed by atoms with van der Waals surface area (Å²) >= 11 is 0. The van der Waals surface area contributed by atoms with Gasteiger partial charge in [-0.25, -0.2) is 0 Å². The molecule has 0 atom stereocenters. The molecule has 0 amide bonds. The van der Waals surface area contributed by atoms with Crippen molar-refractivity contribution in [1.82, 2.24) is 0 Å². The van der Waals surface area contributed by atoms with Crippen LogP contribution in [0.2, 0.25) is 0 Å². The second-order valence-electron chi connectivity index (χ2n) is 19.2. The molecule has 2 aromatic rings. The summed E-state index contributed by atoms with van der Waals surface area (Å²) in [5, 5.41) is 0. The number of benzene rings is 2. The SMILES string of the molecule is CCCCCCCCCCCC#CCCCc1ccccc1N=CC(CCCC)=Nc1ccccc1CCC=CCCCCCCCCCCCCCCCCCCCCCCCC.[Ni]. The molecule has 0 aromatic heterocycles. The zero-order valence-corrected chi connectivity index (χ0v) is 44.0. The summed E-state index contributed by atoms with van der Waals surface area (Å²) in [6, 6.07) is 17.4. The van der Waals surface area contributed by atoms with Crippen LogP contribution >= 0.6 is 0 Å². The van der Waals surface area contributed by atoms with E-state index in [0.29, 0.717) is 0 Å². The van der Waals surface area contributed by atoms with E-state index in [1.54, 1.807) is 0 Å². The molecule has 2 nitrogen and oxygen atoms in total. The third-order valence-electron chi connectivity index (χ3n) is 13.1. The third-order valence-corrected chi connectivity index (χ3v) is 13.1. The first-order valence-corrected chi connectivity index (χ1v) is 28.2. The van der Waals surface area contributed by atoms with Gasteiger partial charge in [-0.1, -0.05) is 262 Å². The number of para-hydroxylation sites is 2. The summed E-state index contributed by atoms with van der Waals surface area (Å²) < 4.78 is 0. The Labute approximate surface area is 415 Å². The van der Waals surface area contributed by atoms with Crippen LogP contribution in [0, 0.1) is 11.8 Å². The number of unbranched alkanes of at least 4 members (excludes halogenated alkanes) is 33. The van der Waals surface area contributed by atoms with Crippen molar-refractivity contribution in [3.05, 3.63) is 71.8 Å². The van der Waals surface area contributed by atoms with E-state index in [9.17, 15) is 0 Å². The van der Waals surface area contributed by atoms with Crippen molar-refractivity contribution in [2.45, 2.75) is 284 Å². The molecule has 2 rings (SSSR count). The maximum absolute atomic E-state index is 5.22. The van der Waals surface area contributed by atoms with Crippen LogP contribution in [0.25, 0.3) is 0 Å². The number of hydrogen-bond donors (Lipinski definition) is 0. The van der Waals surface area contributed by atoms with Gasteiger partial charge < -0.3 is 0 Å². The molecule has 0 spiro atoms. The monoisotopic (exact) mass is 933 g/mol. The van der Waals surface area contributed by atoms with Crippen molar-refractivity contribution in [3.63, 3.8) is 0 Å². The summed E-state index contributed by atoms with van der Waals surface area (Å²) in [5.41, 5.74) is 5.88. The van der Waals surface area contributed by atoms with E-state index in [1.807, 2.05) is 6.21 Å². The number of allylic oxidation sites excluding steroid dienone is 2. The standard InChI is InChI=1S/C62H102N2.Ni/c1-4-7-10-12-14-16-18-20-22-23-24-25-26-27-28-29-30-31-32-33-35-37-39-41-43-45-51-59-53-47-49-56-62(59)64-60(54-9-6-3)57-63-61-55-48-46-52-58(61)50-44-42-40-38-36-34-21-19-17-15-13-11-8-5-2;/h41,43,46-49,52-53,55-57H,4-37,39,42,44-45,50-51,54H2,1-3H3;. The Morgan fingerprint density at radius 3 is 1.28 bits per heavy atom. The fourth-order valence-corrected chi connectivity index (χ4v) is 8.90. The minimum absolute atomic E-state index is 0. The molecular formula is C62H102N2Ni. The molecule has 0 radical (unpaired) electrons. The molecule has 0 bridgehead atoms. The van der Waals surface area contributed by atoms with Gasteiger partial charge in [0.15, 0.2) is 0 Å². The first-order chi connectivity index (χ1) is 31.8. The van der Waals surface area contributed by atoms with Gasteiger partial charge in [0.2, 0.25) is 0 Å². The van der Waals surface area contributed by atoms with Crippen molar-refractivity contribution in [1.29, 1.82) is 0 Å². The zero-order valence-electron chi connectivity index (χ0n) is 43.1. The number of aliphatic imine (C=N–C) groups is 2. The molecule has 0 saturated heterocycles. The summed E-state index contributed by atoms with van der Waals surface area (Å²) in [6.07, 6.45) is 61.6. The summed E-state index contributed by atoms with van der Waals surface area (Å²) in [4.78, 5) is 10.3. The van der Waals surface area contributed by atoms with E-state index in [-0.39, 0.29) is 16.5 Å². The predicted octanol–water partition coefficient (Wildman–Crippen LogP) is 21.1. The van der Waals surface area contributed by atoms with Crippen molar-refractivity contribution in [2.75, 3.05) is 0 Å². The van der Waals surface area contributed by atoms with Gasteiger partial charge in [0.05, 0.1) is 17.1 Å². The van der Waals surface area contributed by atoms with E-state index < -0.39 is 0 Å². The van der Waals surface area contributed by atoms with E-state index >= 15 is 0 Å². The number of aryl methyl sites for hydroxylation is 2. The quantitative estimate of drug-likeness (QED) is 0.0208. The molecule has 65 heavy (non-hydrogen) atoms. The van der Waals surface area contributed by atoms with Gasteiger partial charge in [-0.05, 0) is 81.0 Å². The topological polar surface area (TPSA) is 24.7 Å². The van der Waals surface area contributed by atoms with E-state index in [4.69, 9.17) is 9.98 Å². The fourth-order valence-electron chi connectivity index (χ4n) is 8.90. The van der Waals surface area contributed by atoms with Crippen molar-refractivity contribution < 1.29 is 16.5 Å². The Hall–Kier alpha value is -2.43. The van der Waals surface area contributed by atoms with Crippen LogP contribution in [0.5, 0.6) is 0 Å². The molecule has 0 fully saturated rings. The van der Waals surface area contributed by atoms with E-state index in [1.165, 1.54) is 217 Å². The molecule has 370 valence electrons. The van der Waals surface area contributed by atoms with Gasteiger partial charge in [0, 0.05) is 35.5 Å².